The summed E-state index contributed by atoms with van der Waals surface area (Å²) in [6.45, 7) is 0.928. The van der Waals surface area contributed by atoms with E-state index in [1.54, 1.807) is 0 Å². The number of hydrogen-bond donors (Lipinski definition) is 2. The molecule has 1 atom stereocenters. The molecule has 2 N–H and O–H groups in total. The zero-order chi connectivity index (χ0) is 16.9. The molecule has 1 unspecified atom stereocenters. The summed E-state index contributed by atoms with van der Waals surface area (Å²) in [7, 11) is 1.89. The number of likely N-dealkylation sites (N-methyl/N-ethyl adjacent to an activating group) is 1. The molecule has 1 amide bonds. The Hall–Kier alpha value is -2.34. The largest absolute Gasteiger partial charge is 0.416 e. The second-order valence-corrected chi connectivity index (χ2v) is 5.42. The van der Waals surface area contributed by atoms with E-state index in [0.29, 0.717) is 12.2 Å². The first-order valence-corrected chi connectivity index (χ1v) is 7.17. The SMILES string of the molecule is C[NH+](CC(=O)Nc1ccc(C(F)(F)F)cc1)Cc1ccccc1. The maximum atomic E-state index is 12.5. The van der Waals surface area contributed by atoms with Crippen molar-refractivity contribution in [3.63, 3.8) is 0 Å². The molecule has 2 aromatic rings. The van der Waals surface area contributed by atoms with E-state index in [-0.39, 0.29) is 12.5 Å². The van der Waals surface area contributed by atoms with E-state index in [9.17, 15) is 18.0 Å². The lowest BCUT2D eigenvalue weighted by Crippen LogP contribution is -3.08. The summed E-state index contributed by atoms with van der Waals surface area (Å²) in [6, 6.07) is 14.2. The van der Waals surface area contributed by atoms with E-state index in [4.69, 9.17) is 0 Å². The summed E-state index contributed by atoms with van der Waals surface area (Å²) in [5.41, 5.74) is 0.741. The number of nitrogens with one attached hydrogen (secondary N) is 2. The monoisotopic (exact) mass is 323 g/mol. The maximum absolute atomic E-state index is 12.5. The molecule has 0 aliphatic carbocycles. The van der Waals surface area contributed by atoms with Crippen LogP contribution in [0.2, 0.25) is 0 Å². The number of quaternary nitrogens is 1. The molecule has 0 aliphatic heterocycles. The average molecular weight is 323 g/mol. The highest BCUT2D eigenvalue weighted by molar-refractivity contribution is 5.91. The van der Waals surface area contributed by atoms with Gasteiger partial charge in [0.1, 0.15) is 6.54 Å². The lowest BCUT2D eigenvalue weighted by atomic mass is 10.2. The van der Waals surface area contributed by atoms with Crippen LogP contribution < -0.4 is 10.2 Å². The van der Waals surface area contributed by atoms with E-state index >= 15 is 0 Å². The Morgan fingerprint density at radius 1 is 1.04 bits per heavy atom. The van der Waals surface area contributed by atoms with Crippen molar-refractivity contribution < 1.29 is 22.9 Å². The minimum absolute atomic E-state index is 0.232. The first kappa shape index (κ1) is 17.0. The van der Waals surface area contributed by atoms with E-state index < -0.39 is 11.7 Å². The van der Waals surface area contributed by atoms with Gasteiger partial charge >= 0.3 is 6.18 Å². The predicted octanol–water partition coefficient (Wildman–Crippen LogP) is 2.36. The Labute approximate surface area is 132 Å². The van der Waals surface area contributed by atoms with Crippen molar-refractivity contribution in [1.29, 1.82) is 0 Å². The molecule has 0 bridgehead atoms. The second kappa shape index (κ2) is 7.28. The highest BCUT2D eigenvalue weighted by Gasteiger charge is 2.30. The second-order valence-electron chi connectivity index (χ2n) is 5.42. The molecule has 2 rings (SSSR count). The van der Waals surface area contributed by atoms with Gasteiger partial charge in [-0.2, -0.15) is 13.2 Å². The van der Waals surface area contributed by atoms with Gasteiger partial charge in [0.2, 0.25) is 0 Å². The van der Waals surface area contributed by atoms with Crippen molar-refractivity contribution in [1.82, 2.24) is 0 Å². The van der Waals surface area contributed by atoms with Crippen LogP contribution in [0.4, 0.5) is 18.9 Å². The van der Waals surface area contributed by atoms with Crippen LogP contribution in [0.3, 0.4) is 0 Å². The third-order valence-corrected chi connectivity index (χ3v) is 3.31. The van der Waals surface area contributed by atoms with Gasteiger partial charge in [-0.25, -0.2) is 0 Å². The molecule has 3 nitrogen and oxygen atoms in total. The van der Waals surface area contributed by atoms with E-state index in [1.165, 1.54) is 12.1 Å². The van der Waals surface area contributed by atoms with Crippen molar-refractivity contribution in [2.24, 2.45) is 0 Å². The minimum atomic E-state index is -4.37. The summed E-state index contributed by atoms with van der Waals surface area (Å²) in [4.78, 5) is 12.9. The number of amides is 1. The van der Waals surface area contributed by atoms with Crippen molar-refractivity contribution >= 4 is 11.6 Å². The van der Waals surface area contributed by atoms with Gasteiger partial charge in [0, 0.05) is 11.3 Å². The predicted molar refractivity (Wildman–Crippen MR) is 82.0 cm³/mol. The third kappa shape index (κ3) is 5.41. The van der Waals surface area contributed by atoms with Crippen molar-refractivity contribution in [3.8, 4) is 0 Å². The van der Waals surface area contributed by atoms with Crippen LogP contribution in [-0.2, 0) is 17.5 Å². The summed E-state index contributed by atoms with van der Waals surface area (Å²) < 4.78 is 37.4. The van der Waals surface area contributed by atoms with Crippen LogP contribution in [0.1, 0.15) is 11.1 Å². The number of hydrogen-bond acceptors (Lipinski definition) is 1. The number of halogens is 3. The smallest absolute Gasteiger partial charge is 0.326 e. The van der Waals surface area contributed by atoms with Crippen molar-refractivity contribution in [2.45, 2.75) is 12.7 Å². The molecular formula is C17H18F3N2O+. The number of carbonyl (C=O) groups is 1. The van der Waals surface area contributed by atoms with Crippen LogP contribution in [0.5, 0.6) is 0 Å². The number of rotatable bonds is 5. The Morgan fingerprint density at radius 2 is 1.65 bits per heavy atom. The first-order chi connectivity index (χ1) is 10.8. The zero-order valence-electron chi connectivity index (χ0n) is 12.7. The molecule has 0 saturated heterocycles. The molecule has 0 saturated carbocycles. The molecule has 2 aromatic carbocycles. The highest BCUT2D eigenvalue weighted by atomic mass is 19.4. The molecule has 23 heavy (non-hydrogen) atoms. The number of benzene rings is 2. The van der Waals surface area contributed by atoms with E-state index in [1.807, 2.05) is 37.4 Å². The molecule has 0 spiro atoms. The fourth-order valence-corrected chi connectivity index (χ4v) is 2.23. The summed E-state index contributed by atoms with van der Waals surface area (Å²) in [5.74, 6) is -0.238. The van der Waals surface area contributed by atoms with E-state index in [2.05, 4.69) is 5.32 Å². The van der Waals surface area contributed by atoms with Gasteiger partial charge in [0.05, 0.1) is 12.6 Å². The zero-order valence-corrected chi connectivity index (χ0v) is 12.7. The minimum Gasteiger partial charge on any atom is -0.326 e. The van der Waals surface area contributed by atoms with Gasteiger partial charge in [0.25, 0.3) is 5.91 Å². The summed E-state index contributed by atoms with van der Waals surface area (Å²) in [5, 5.41) is 2.61. The van der Waals surface area contributed by atoms with Crippen molar-refractivity contribution in [3.05, 3.63) is 65.7 Å². The number of carbonyl (C=O) groups excluding carboxylic acids is 1. The Morgan fingerprint density at radius 3 is 2.22 bits per heavy atom. The van der Waals surface area contributed by atoms with Gasteiger partial charge < -0.3 is 10.2 Å². The number of alkyl halides is 3. The van der Waals surface area contributed by atoms with E-state index in [0.717, 1.165) is 22.6 Å². The fourth-order valence-electron chi connectivity index (χ4n) is 2.23. The average Bonchev–Trinajstić information content (AvgIpc) is 2.47. The molecule has 0 aliphatic rings. The first-order valence-electron chi connectivity index (χ1n) is 7.17. The molecule has 122 valence electrons. The molecule has 0 radical (unpaired) electrons. The van der Waals surface area contributed by atoms with Crippen molar-refractivity contribution in [2.75, 3.05) is 18.9 Å². The maximum Gasteiger partial charge on any atom is 0.416 e. The van der Waals surface area contributed by atoms with Gasteiger partial charge in [-0.3, -0.25) is 4.79 Å². The molecule has 0 fully saturated rings. The normalized spacial score (nSPS) is 12.7. The Kier molecular flexibility index (Phi) is 5.39. The molecular weight excluding hydrogens is 305 g/mol. The lowest BCUT2D eigenvalue weighted by Gasteiger charge is -2.14. The standard InChI is InChI=1S/C17H17F3N2O/c1-22(11-13-5-3-2-4-6-13)12-16(23)21-15-9-7-14(8-10-15)17(18,19)20/h2-10H,11-12H2,1H3,(H,21,23)/p+1. The third-order valence-electron chi connectivity index (χ3n) is 3.31. The molecule has 0 heterocycles. The molecule has 0 aromatic heterocycles. The van der Waals surface area contributed by atoms with Gasteiger partial charge in [-0.1, -0.05) is 30.3 Å². The van der Waals surface area contributed by atoms with Crippen LogP contribution in [0.25, 0.3) is 0 Å². The van der Waals surface area contributed by atoms with Crippen LogP contribution >= 0.6 is 0 Å². The van der Waals surface area contributed by atoms with Crippen LogP contribution in [0.15, 0.2) is 54.6 Å². The van der Waals surface area contributed by atoms with Crippen LogP contribution in [-0.4, -0.2) is 19.5 Å². The summed E-state index contributed by atoms with van der Waals surface area (Å²) in [6.07, 6.45) is -4.37. The summed E-state index contributed by atoms with van der Waals surface area (Å²) >= 11 is 0. The quantitative estimate of drug-likeness (QED) is 0.870. The highest BCUT2D eigenvalue weighted by Crippen LogP contribution is 2.29. The van der Waals surface area contributed by atoms with Gasteiger partial charge in [-0.05, 0) is 24.3 Å². The topological polar surface area (TPSA) is 33.5 Å². The van der Waals surface area contributed by atoms with Crippen LogP contribution in [0, 0.1) is 0 Å². The Bertz CT molecular complexity index is 639. The molecule has 6 heteroatoms. The van der Waals surface area contributed by atoms with Gasteiger partial charge in [0.15, 0.2) is 6.54 Å². The van der Waals surface area contributed by atoms with Gasteiger partial charge in [-0.15, -0.1) is 0 Å². The number of anilines is 1. The fraction of sp³-hybridized carbons (Fsp3) is 0.235. The Balaban J connectivity index is 1.87. The lowest BCUT2D eigenvalue weighted by molar-refractivity contribution is -0.885.